The van der Waals surface area contributed by atoms with Crippen LogP contribution in [-0.2, 0) is 6.42 Å². The molecule has 0 fully saturated rings. The summed E-state index contributed by atoms with van der Waals surface area (Å²) < 4.78 is 0. The maximum atomic E-state index is 12.3. The Morgan fingerprint density at radius 2 is 2.19 bits per heavy atom. The van der Waals surface area contributed by atoms with Crippen molar-refractivity contribution in [1.82, 2.24) is 15.3 Å². The molecular formula is C15H18ClN3OS. The standard InChI is InChI=1S/C15H18ClN3OS/c1-9(2)14-17-7-12(16)13(19-14)15(20)18-10(3)6-11-4-5-21-8-11/h4-5,7-10H,6H2,1-3H3,(H,18,20). The van der Waals surface area contributed by atoms with Gasteiger partial charge >= 0.3 is 0 Å². The SMILES string of the molecule is CC(Cc1ccsc1)NC(=O)c1nc(C(C)C)ncc1Cl. The molecule has 0 aromatic carbocycles. The predicted octanol–water partition coefficient (Wildman–Crippen LogP) is 3.68. The number of rotatable bonds is 5. The Morgan fingerprint density at radius 1 is 1.43 bits per heavy atom. The van der Waals surface area contributed by atoms with E-state index in [1.54, 1.807) is 11.3 Å². The van der Waals surface area contributed by atoms with E-state index in [0.29, 0.717) is 5.82 Å². The summed E-state index contributed by atoms with van der Waals surface area (Å²) >= 11 is 7.69. The van der Waals surface area contributed by atoms with Crippen molar-refractivity contribution < 1.29 is 4.79 Å². The average Bonchev–Trinajstić information content (AvgIpc) is 2.91. The molecule has 0 bridgehead atoms. The van der Waals surface area contributed by atoms with E-state index in [4.69, 9.17) is 11.6 Å². The second-order valence-corrected chi connectivity index (χ2v) is 6.48. The number of nitrogens with zero attached hydrogens (tertiary/aromatic N) is 2. The molecule has 1 amide bonds. The molecular weight excluding hydrogens is 306 g/mol. The van der Waals surface area contributed by atoms with Gasteiger partial charge in [0, 0.05) is 12.0 Å². The molecule has 4 nitrogen and oxygen atoms in total. The molecule has 2 rings (SSSR count). The Kier molecular flexibility index (Phi) is 5.31. The van der Waals surface area contributed by atoms with Gasteiger partial charge in [-0.2, -0.15) is 11.3 Å². The molecule has 0 saturated heterocycles. The second kappa shape index (κ2) is 7.00. The lowest BCUT2D eigenvalue weighted by molar-refractivity contribution is 0.0934. The van der Waals surface area contributed by atoms with Crippen LogP contribution in [0.25, 0.3) is 0 Å². The van der Waals surface area contributed by atoms with Gasteiger partial charge < -0.3 is 5.32 Å². The number of halogens is 1. The van der Waals surface area contributed by atoms with E-state index < -0.39 is 0 Å². The summed E-state index contributed by atoms with van der Waals surface area (Å²) in [5.74, 6) is 0.513. The fourth-order valence-electron chi connectivity index (χ4n) is 1.92. The Hall–Kier alpha value is -1.46. The molecule has 0 aliphatic heterocycles. The number of hydrogen-bond acceptors (Lipinski definition) is 4. The van der Waals surface area contributed by atoms with Gasteiger partial charge in [0.15, 0.2) is 0 Å². The molecule has 1 N–H and O–H groups in total. The van der Waals surface area contributed by atoms with Gasteiger partial charge in [-0.1, -0.05) is 25.4 Å². The van der Waals surface area contributed by atoms with Crippen molar-refractivity contribution in [2.75, 3.05) is 0 Å². The van der Waals surface area contributed by atoms with E-state index in [0.717, 1.165) is 6.42 Å². The number of aromatic nitrogens is 2. The van der Waals surface area contributed by atoms with E-state index >= 15 is 0 Å². The molecule has 21 heavy (non-hydrogen) atoms. The first-order chi connectivity index (χ1) is 9.97. The highest BCUT2D eigenvalue weighted by Crippen LogP contribution is 2.16. The number of thiophene rings is 1. The molecule has 1 unspecified atom stereocenters. The highest BCUT2D eigenvalue weighted by atomic mass is 35.5. The molecule has 6 heteroatoms. The third-order valence-corrected chi connectivity index (χ3v) is 4.00. The second-order valence-electron chi connectivity index (χ2n) is 5.29. The van der Waals surface area contributed by atoms with E-state index in [1.807, 2.05) is 26.2 Å². The van der Waals surface area contributed by atoms with Crippen LogP contribution in [0.15, 0.2) is 23.0 Å². The normalized spacial score (nSPS) is 12.4. The minimum Gasteiger partial charge on any atom is -0.348 e. The minimum absolute atomic E-state index is 0.0145. The van der Waals surface area contributed by atoms with Gasteiger partial charge in [-0.05, 0) is 35.7 Å². The van der Waals surface area contributed by atoms with Gasteiger partial charge in [0.2, 0.25) is 0 Å². The first-order valence-electron chi connectivity index (χ1n) is 6.81. The smallest absolute Gasteiger partial charge is 0.271 e. The lowest BCUT2D eigenvalue weighted by atomic mass is 10.1. The van der Waals surface area contributed by atoms with Crippen molar-refractivity contribution in [3.05, 3.63) is 45.1 Å². The van der Waals surface area contributed by atoms with Crippen LogP contribution < -0.4 is 5.32 Å². The topological polar surface area (TPSA) is 54.9 Å². The zero-order valence-electron chi connectivity index (χ0n) is 12.3. The van der Waals surface area contributed by atoms with Gasteiger partial charge in [-0.15, -0.1) is 0 Å². The van der Waals surface area contributed by atoms with Crippen LogP contribution in [0, 0.1) is 0 Å². The summed E-state index contributed by atoms with van der Waals surface area (Å²) in [6.07, 6.45) is 2.28. The lowest BCUT2D eigenvalue weighted by Crippen LogP contribution is -2.35. The monoisotopic (exact) mass is 323 g/mol. The van der Waals surface area contributed by atoms with Crippen LogP contribution in [0.1, 0.15) is 48.6 Å². The molecule has 0 radical (unpaired) electrons. The van der Waals surface area contributed by atoms with Gasteiger partial charge in [0.1, 0.15) is 11.5 Å². The number of nitrogens with one attached hydrogen (secondary N) is 1. The Balaban J connectivity index is 2.07. The van der Waals surface area contributed by atoms with Gasteiger partial charge in [-0.25, -0.2) is 9.97 Å². The molecule has 0 aliphatic carbocycles. The first kappa shape index (κ1) is 15.9. The quantitative estimate of drug-likeness (QED) is 0.913. The van der Waals surface area contributed by atoms with Crippen molar-refractivity contribution in [3.8, 4) is 0 Å². The van der Waals surface area contributed by atoms with Crippen LogP contribution >= 0.6 is 22.9 Å². The zero-order chi connectivity index (χ0) is 15.4. The molecule has 2 aromatic heterocycles. The Labute approximate surface area is 133 Å². The summed E-state index contributed by atoms with van der Waals surface area (Å²) in [7, 11) is 0. The van der Waals surface area contributed by atoms with Crippen molar-refractivity contribution >= 4 is 28.8 Å². The third-order valence-electron chi connectivity index (χ3n) is 2.99. The lowest BCUT2D eigenvalue weighted by Gasteiger charge is -2.14. The number of hydrogen-bond donors (Lipinski definition) is 1. The minimum atomic E-state index is -0.257. The molecule has 0 spiro atoms. The number of carbonyl (C=O) groups excluding carboxylic acids is 1. The first-order valence-corrected chi connectivity index (χ1v) is 8.13. The van der Waals surface area contributed by atoms with E-state index in [-0.39, 0.29) is 28.6 Å². The van der Waals surface area contributed by atoms with Gasteiger partial charge in [0.05, 0.1) is 11.2 Å². The maximum Gasteiger partial charge on any atom is 0.271 e. The number of carbonyl (C=O) groups is 1. The van der Waals surface area contributed by atoms with Crippen LogP contribution in [0.2, 0.25) is 5.02 Å². The fraction of sp³-hybridized carbons (Fsp3) is 0.400. The summed E-state index contributed by atoms with van der Waals surface area (Å²) in [5.41, 5.74) is 1.46. The van der Waals surface area contributed by atoms with E-state index in [1.165, 1.54) is 11.8 Å². The fourth-order valence-corrected chi connectivity index (χ4v) is 2.78. The van der Waals surface area contributed by atoms with Crippen LogP contribution in [0.5, 0.6) is 0 Å². The molecule has 2 heterocycles. The maximum absolute atomic E-state index is 12.3. The summed E-state index contributed by atoms with van der Waals surface area (Å²) in [6, 6.07) is 2.07. The van der Waals surface area contributed by atoms with Crippen LogP contribution in [0.4, 0.5) is 0 Å². The highest BCUT2D eigenvalue weighted by Gasteiger charge is 2.17. The molecule has 112 valence electrons. The van der Waals surface area contributed by atoms with Crippen molar-refractivity contribution in [3.63, 3.8) is 0 Å². The number of amides is 1. The van der Waals surface area contributed by atoms with Gasteiger partial charge in [0.25, 0.3) is 5.91 Å². The Morgan fingerprint density at radius 3 is 2.81 bits per heavy atom. The highest BCUT2D eigenvalue weighted by molar-refractivity contribution is 7.07. The average molecular weight is 324 g/mol. The van der Waals surface area contributed by atoms with E-state index in [9.17, 15) is 4.79 Å². The summed E-state index contributed by atoms with van der Waals surface area (Å²) in [6.45, 7) is 5.92. The van der Waals surface area contributed by atoms with Crippen LogP contribution in [-0.4, -0.2) is 21.9 Å². The summed E-state index contributed by atoms with van der Waals surface area (Å²) in [5, 5.41) is 7.32. The Bertz CT molecular complexity index is 613. The van der Waals surface area contributed by atoms with Crippen molar-refractivity contribution in [2.24, 2.45) is 0 Å². The molecule has 1 atom stereocenters. The van der Waals surface area contributed by atoms with Crippen molar-refractivity contribution in [2.45, 2.75) is 39.2 Å². The summed E-state index contributed by atoms with van der Waals surface area (Å²) in [4.78, 5) is 20.7. The van der Waals surface area contributed by atoms with Crippen LogP contribution in [0.3, 0.4) is 0 Å². The van der Waals surface area contributed by atoms with Gasteiger partial charge in [-0.3, -0.25) is 4.79 Å². The van der Waals surface area contributed by atoms with E-state index in [2.05, 4.69) is 26.7 Å². The predicted molar refractivity (Wildman–Crippen MR) is 86.1 cm³/mol. The third kappa shape index (κ3) is 4.25. The zero-order valence-corrected chi connectivity index (χ0v) is 13.8. The van der Waals surface area contributed by atoms with Crippen molar-refractivity contribution in [1.29, 1.82) is 0 Å². The molecule has 0 aliphatic rings. The molecule has 2 aromatic rings. The molecule has 0 saturated carbocycles. The largest absolute Gasteiger partial charge is 0.348 e.